The number of amides is 2. The molecular weight excluding hydrogens is 356 g/mol. The number of nitrogens with one attached hydrogen (secondary N) is 2. The second kappa shape index (κ2) is 8.04. The van der Waals surface area contributed by atoms with Gasteiger partial charge < -0.3 is 15.2 Å². The molecule has 7 heteroatoms. The molecule has 1 aromatic heterocycles. The van der Waals surface area contributed by atoms with Gasteiger partial charge >= 0.3 is 0 Å². The average Bonchev–Trinajstić information content (AvgIpc) is 2.65. The molecule has 0 aliphatic rings. The van der Waals surface area contributed by atoms with Crippen molar-refractivity contribution in [3.63, 3.8) is 0 Å². The number of carbonyl (C=O) groups is 2. The maximum Gasteiger partial charge on any atom is 0.258 e. The van der Waals surface area contributed by atoms with E-state index in [1.54, 1.807) is 47.4 Å². The monoisotopic (exact) mass is 378 g/mol. The van der Waals surface area contributed by atoms with Crippen LogP contribution in [0.5, 0.6) is 0 Å². The number of benzene rings is 2. The first kappa shape index (κ1) is 19.3. The first-order valence-corrected chi connectivity index (χ1v) is 9.01. The third kappa shape index (κ3) is 4.25. The van der Waals surface area contributed by atoms with Crippen molar-refractivity contribution in [2.75, 3.05) is 5.32 Å². The zero-order chi connectivity index (χ0) is 20.3. The van der Waals surface area contributed by atoms with Gasteiger partial charge in [-0.05, 0) is 44.2 Å². The Hall–Kier alpha value is -3.48. The van der Waals surface area contributed by atoms with Gasteiger partial charge in [0.2, 0.25) is 5.91 Å². The van der Waals surface area contributed by atoms with Gasteiger partial charge in [-0.25, -0.2) is 4.98 Å². The van der Waals surface area contributed by atoms with Gasteiger partial charge in [0.15, 0.2) is 0 Å². The number of H-pyrrole nitrogens is 1. The lowest BCUT2D eigenvalue weighted by molar-refractivity contribution is -0.114. The van der Waals surface area contributed by atoms with Crippen LogP contribution in [0.4, 0.5) is 5.69 Å². The Balaban J connectivity index is 1.91. The summed E-state index contributed by atoms with van der Waals surface area (Å²) in [5.74, 6) is 0.00466. The fourth-order valence-corrected chi connectivity index (χ4v) is 2.96. The summed E-state index contributed by atoms with van der Waals surface area (Å²) in [6.07, 6.45) is 0. The van der Waals surface area contributed by atoms with Crippen molar-refractivity contribution in [2.45, 2.75) is 33.4 Å². The SMILES string of the molecule is CC(=O)Nc1cccc(C(=O)N(Cc2nc3ccccc3c(=O)[nH]2)C(C)C)c1. The van der Waals surface area contributed by atoms with Crippen molar-refractivity contribution < 1.29 is 9.59 Å². The summed E-state index contributed by atoms with van der Waals surface area (Å²) in [6.45, 7) is 5.38. The highest BCUT2D eigenvalue weighted by atomic mass is 16.2. The highest BCUT2D eigenvalue weighted by Crippen LogP contribution is 2.16. The first-order valence-electron chi connectivity index (χ1n) is 9.01. The van der Waals surface area contributed by atoms with Crippen LogP contribution in [-0.4, -0.2) is 32.7 Å². The van der Waals surface area contributed by atoms with Crippen molar-refractivity contribution in [3.8, 4) is 0 Å². The maximum atomic E-state index is 13.1. The Morgan fingerprint density at radius 1 is 1.14 bits per heavy atom. The molecule has 3 aromatic rings. The van der Waals surface area contributed by atoms with Crippen LogP contribution in [0.2, 0.25) is 0 Å². The predicted molar refractivity (Wildman–Crippen MR) is 108 cm³/mol. The Bertz CT molecular complexity index is 1090. The van der Waals surface area contributed by atoms with E-state index in [9.17, 15) is 14.4 Å². The number of fused-ring (bicyclic) bond motifs is 1. The standard InChI is InChI=1S/C21H22N4O3/c1-13(2)25(21(28)15-7-6-8-16(11-15)22-14(3)26)12-19-23-18-10-5-4-9-17(18)20(27)24-19/h4-11,13H,12H2,1-3H3,(H,22,26)(H,23,24,27). The molecule has 0 unspecified atom stereocenters. The molecule has 2 amide bonds. The molecule has 7 nitrogen and oxygen atoms in total. The van der Waals surface area contributed by atoms with E-state index in [1.165, 1.54) is 6.92 Å². The molecule has 0 saturated heterocycles. The van der Waals surface area contributed by atoms with Gasteiger partial charge in [0.05, 0.1) is 17.4 Å². The molecule has 0 spiro atoms. The van der Waals surface area contributed by atoms with Crippen LogP contribution >= 0.6 is 0 Å². The quantitative estimate of drug-likeness (QED) is 0.714. The molecule has 3 rings (SSSR count). The topological polar surface area (TPSA) is 95.2 Å². The largest absolute Gasteiger partial charge is 0.329 e. The molecular formula is C21H22N4O3. The summed E-state index contributed by atoms with van der Waals surface area (Å²) in [7, 11) is 0. The highest BCUT2D eigenvalue weighted by Gasteiger charge is 2.21. The second-order valence-electron chi connectivity index (χ2n) is 6.82. The van der Waals surface area contributed by atoms with E-state index >= 15 is 0 Å². The normalized spacial score (nSPS) is 10.9. The summed E-state index contributed by atoms with van der Waals surface area (Å²) in [5, 5.41) is 3.19. The number of rotatable bonds is 5. The van der Waals surface area contributed by atoms with Crippen LogP contribution in [-0.2, 0) is 11.3 Å². The lowest BCUT2D eigenvalue weighted by Gasteiger charge is -2.26. The fraction of sp³-hybridized carbons (Fsp3) is 0.238. The van der Waals surface area contributed by atoms with E-state index in [0.717, 1.165) is 0 Å². The van der Waals surface area contributed by atoms with Crippen LogP contribution in [0.25, 0.3) is 10.9 Å². The van der Waals surface area contributed by atoms with Crippen molar-refractivity contribution >= 4 is 28.4 Å². The predicted octanol–water partition coefficient (Wildman–Crippen LogP) is 2.93. The fourth-order valence-electron chi connectivity index (χ4n) is 2.96. The first-order chi connectivity index (χ1) is 13.3. The van der Waals surface area contributed by atoms with Gasteiger partial charge in [0.25, 0.3) is 11.5 Å². The van der Waals surface area contributed by atoms with Gasteiger partial charge in [-0.15, -0.1) is 0 Å². The number of nitrogens with zero attached hydrogens (tertiary/aromatic N) is 2. The molecule has 1 heterocycles. The number of para-hydroxylation sites is 1. The Kier molecular flexibility index (Phi) is 5.54. The summed E-state index contributed by atoms with van der Waals surface area (Å²) in [6, 6.07) is 13.7. The summed E-state index contributed by atoms with van der Waals surface area (Å²) in [5.41, 5.74) is 1.36. The number of aromatic nitrogens is 2. The molecule has 144 valence electrons. The van der Waals surface area contributed by atoms with Crippen LogP contribution in [0.15, 0.2) is 53.3 Å². The van der Waals surface area contributed by atoms with E-state index in [2.05, 4.69) is 15.3 Å². The van der Waals surface area contributed by atoms with E-state index in [0.29, 0.717) is 28.0 Å². The summed E-state index contributed by atoms with van der Waals surface area (Å²) >= 11 is 0. The third-order valence-electron chi connectivity index (χ3n) is 4.30. The number of aromatic amines is 1. The third-order valence-corrected chi connectivity index (χ3v) is 4.30. The van der Waals surface area contributed by atoms with Gasteiger partial charge in [0, 0.05) is 24.2 Å². The van der Waals surface area contributed by atoms with Crippen molar-refractivity contribution in [2.24, 2.45) is 0 Å². The molecule has 0 aliphatic carbocycles. The zero-order valence-electron chi connectivity index (χ0n) is 16.0. The van der Waals surface area contributed by atoms with E-state index in [4.69, 9.17) is 0 Å². The molecule has 0 radical (unpaired) electrons. The number of hydrogen-bond acceptors (Lipinski definition) is 4. The van der Waals surface area contributed by atoms with Crippen molar-refractivity contribution in [1.29, 1.82) is 0 Å². The van der Waals surface area contributed by atoms with Gasteiger partial charge in [-0.1, -0.05) is 18.2 Å². The summed E-state index contributed by atoms with van der Waals surface area (Å²) < 4.78 is 0. The van der Waals surface area contributed by atoms with Crippen molar-refractivity contribution in [3.05, 3.63) is 70.3 Å². The van der Waals surface area contributed by atoms with Crippen LogP contribution < -0.4 is 10.9 Å². The maximum absolute atomic E-state index is 13.1. The van der Waals surface area contributed by atoms with Crippen LogP contribution in [0.3, 0.4) is 0 Å². The van der Waals surface area contributed by atoms with E-state index in [-0.39, 0.29) is 30.0 Å². The minimum Gasteiger partial charge on any atom is -0.329 e. The average molecular weight is 378 g/mol. The molecule has 0 aliphatic heterocycles. The van der Waals surface area contributed by atoms with E-state index in [1.807, 2.05) is 19.9 Å². The van der Waals surface area contributed by atoms with E-state index < -0.39 is 0 Å². The van der Waals surface area contributed by atoms with Crippen LogP contribution in [0, 0.1) is 0 Å². The minimum atomic E-state index is -0.232. The molecule has 28 heavy (non-hydrogen) atoms. The number of carbonyl (C=O) groups excluding carboxylic acids is 2. The molecule has 0 fully saturated rings. The number of hydrogen-bond donors (Lipinski definition) is 2. The Labute approximate surface area is 162 Å². The smallest absolute Gasteiger partial charge is 0.258 e. The van der Waals surface area contributed by atoms with Crippen molar-refractivity contribution in [1.82, 2.24) is 14.9 Å². The lowest BCUT2D eigenvalue weighted by Crippen LogP contribution is -2.37. The Morgan fingerprint density at radius 2 is 1.89 bits per heavy atom. The van der Waals surface area contributed by atoms with Gasteiger partial charge in [-0.2, -0.15) is 0 Å². The Morgan fingerprint density at radius 3 is 2.61 bits per heavy atom. The van der Waals surface area contributed by atoms with Gasteiger partial charge in [-0.3, -0.25) is 14.4 Å². The zero-order valence-corrected chi connectivity index (χ0v) is 16.0. The molecule has 0 atom stereocenters. The summed E-state index contributed by atoms with van der Waals surface area (Å²) in [4.78, 5) is 45.5. The molecule has 2 aromatic carbocycles. The van der Waals surface area contributed by atoms with Gasteiger partial charge in [0.1, 0.15) is 5.82 Å². The minimum absolute atomic E-state index is 0.117. The highest BCUT2D eigenvalue weighted by molar-refractivity contribution is 5.97. The molecule has 2 N–H and O–H groups in total. The second-order valence-corrected chi connectivity index (χ2v) is 6.82. The molecule has 0 bridgehead atoms. The molecule has 0 saturated carbocycles. The van der Waals surface area contributed by atoms with Crippen LogP contribution in [0.1, 0.15) is 37.0 Å². The number of anilines is 1. The lowest BCUT2D eigenvalue weighted by atomic mass is 10.1.